The Kier molecular flexibility index (Phi) is 4.55. The second-order valence-corrected chi connectivity index (χ2v) is 5.33. The van der Waals surface area contributed by atoms with E-state index in [1.54, 1.807) is 13.1 Å². The minimum atomic E-state index is -0.382. The third-order valence-electron chi connectivity index (χ3n) is 3.53. The summed E-state index contributed by atoms with van der Waals surface area (Å²) in [6.45, 7) is 2.13. The molecular weight excluding hydrogens is 308 g/mol. The van der Waals surface area contributed by atoms with Crippen molar-refractivity contribution >= 4 is 6.03 Å². The van der Waals surface area contributed by atoms with Gasteiger partial charge in [0.2, 0.25) is 0 Å². The number of aryl methyl sites for hydroxylation is 1. The van der Waals surface area contributed by atoms with Gasteiger partial charge in [0.1, 0.15) is 5.82 Å². The van der Waals surface area contributed by atoms with Crippen molar-refractivity contribution < 1.29 is 9.32 Å². The van der Waals surface area contributed by atoms with E-state index in [2.05, 4.69) is 25.8 Å². The minimum absolute atomic E-state index is 0.323. The first-order valence-electron chi connectivity index (χ1n) is 7.53. The molecule has 2 N–H and O–H groups in total. The molecule has 0 saturated heterocycles. The lowest BCUT2D eigenvalue weighted by molar-refractivity contribution is 0.236. The predicted octanol–water partition coefficient (Wildman–Crippen LogP) is 2.03. The summed E-state index contributed by atoms with van der Waals surface area (Å²) < 4.78 is 7.08. The fourth-order valence-corrected chi connectivity index (χ4v) is 2.15. The number of aromatic nitrogens is 4. The van der Waals surface area contributed by atoms with Gasteiger partial charge in [-0.25, -0.2) is 9.78 Å². The van der Waals surface area contributed by atoms with E-state index in [0.717, 1.165) is 11.4 Å². The number of nitrogens with one attached hydrogen (secondary N) is 2. The van der Waals surface area contributed by atoms with Crippen LogP contribution in [0, 0.1) is 0 Å². The topological polar surface area (TPSA) is 97.9 Å². The van der Waals surface area contributed by atoms with E-state index in [1.165, 1.54) is 0 Å². The summed E-state index contributed by atoms with van der Waals surface area (Å²) >= 11 is 0. The number of benzene rings is 1. The van der Waals surface area contributed by atoms with E-state index in [4.69, 9.17) is 4.52 Å². The Hall–Kier alpha value is -3.16. The van der Waals surface area contributed by atoms with Gasteiger partial charge in [-0.15, -0.1) is 0 Å². The largest absolute Gasteiger partial charge is 0.337 e. The molecule has 0 radical (unpaired) electrons. The summed E-state index contributed by atoms with van der Waals surface area (Å²) in [6, 6.07) is 8.77. The number of rotatable bonds is 5. The average molecular weight is 326 g/mol. The van der Waals surface area contributed by atoms with Gasteiger partial charge in [0.25, 0.3) is 5.89 Å². The highest BCUT2D eigenvalue weighted by atomic mass is 16.5. The number of amides is 2. The number of carbonyl (C=O) groups is 1. The van der Waals surface area contributed by atoms with Crippen LogP contribution in [0.15, 0.2) is 47.2 Å². The lowest BCUT2D eigenvalue weighted by Gasteiger charge is -2.11. The number of nitrogens with zero attached hydrogens (tertiary/aromatic N) is 4. The van der Waals surface area contributed by atoms with E-state index >= 15 is 0 Å². The highest BCUT2D eigenvalue weighted by Crippen LogP contribution is 2.18. The van der Waals surface area contributed by atoms with Gasteiger partial charge in [0, 0.05) is 25.0 Å². The predicted molar refractivity (Wildman–Crippen MR) is 86.7 cm³/mol. The van der Waals surface area contributed by atoms with Gasteiger partial charge in [-0.2, -0.15) is 4.98 Å². The zero-order chi connectivity index (χ0) is 16.9. The van der Waals surface area contributed by atoms with Crippen LogP contribution in [0.5, 0.6) is 0 Å². The number of carbonyl (C=O) groups excluding carboxylic acids is 1. The third-order valence-corrected chi connectivity index (χ3v) is 3.53. The first-order chi connectivity index (χ1) is 11.6. The zero-order valence-electron chi connectivity index (χ0n) is 13.4. The van der Waals surface area contributed by atoms with Crippen molar-refractivity contribution in [3.63, 3.8) is 0 Å². The molecule has 124 valence electrons. The van der Waals surface area contributed by atoms with Crippen LogP contribution in [0.3, 0.4) is 0 Å². The molecule has 24 heavy (non-hydrogen) atoms. The Morgan fingerprint density at radius 1 is 1.33 bits per heavy atom. The summed E-state index contributed by atoms with van der Waals surface area (Å²) in [5.41, 5.74) is 0.836. The zero-order valence-corrected chi connectivity index (χ0v) is 13.4. The summed E-state index contributed by atoms with van der Waals surface area (Å²) in [6.07, 6.45) is 3.50. The fourth-order valence-electron chi connectivity index (χ4n) is 2.15. The maximum absolute atomic E-state index is 12.0. The molecule has 0 aliphatic carbocycles. The fraction of sp³-hybridized carbons (Fsp3) is 0.250. The molecule has 8 nitrogen and oxygen atoms in total. The number of urea groups is 1. The van der Waals surface area contributed by atoms with Gasteiger partial charge in [-0.1, -0.05) is 23.4 Å². The Balaban J connectivity index is 1.57. The molecule has 3 rings (SSSR count). The van der Waals surface area contributed by atoms with E-state index in [0.29, 0.717) is 18.3 Å². The Labute approximate surface area is 138 Å². The van der Waals surface area contributed by atoms with E-state index in [-0.39, 0.29) is 12.1 Å². The van der Waals surface area contributed by atoms with Crippen molar-refractivity contribution in [2.24, 2.45) is 7.05 Å². The molecular formula is C16H18N6O2. The van der Waals surface area contributed by atoms with Gasteiger partial charge < -0.3 is 19.7 Å². The highest BCUT2D eigenvalue weighted by molar-refractivity contribution is 5.74. The Bertz CT molecular complexity index is 811. The molecule has 2 heterocycles. The van der Waals surface area contributed by atoms with Crippen LogP contribution in [0.1, 0.15) is 24.6 Å². The average Bonchev–Trinajstić information content (AvgIpc) is 3.23. The quantitative estimate of drug-likeness (QED) is 0.747. The smallest absolute Gasteiger partial charge is 0.315 e. The summed E-state index contributed by atoms with van der Waals surface area (Å²) in [7, 11) is 1.87. The van der Waals surface area contributed by atoms with Gasteiger partial charge in [0.05, 0.1) is 12.6 Å². The maximum atomic E-state index is 12.0. The molecule has 2 aromatic heterocycles. The van der Waals surface area contributed by atoms with E-state index in [1.807, 2.05) is 48.1 Å². The van der Waals surface area contributed by atoms with Gasteiger partial charge in [-0.05, 0) is 19.1 Å². The lowest BCUT2D eigenvalue weighted by atomic mass is 10.2. The highest BCUT2D eigenvalue weighted by Gasteiger charge is 2.17. The molecule has 1 aromatic carbocycles. The van der Waals surface area contributed by atoms with Crippen LogP contribution in [-0.4, -0.2) is 25.7 Å². The summed E-state index contributed by atoms with van der Waals surface area (Å²) in [5, 5.41) is 9.44. The second-order valence-electron chi connectivity index (χ2n) is 5.33. The van der Waals surface area contributed by atoms with Crippen molar-refractivity contribution in [2.75, 3.05) is 0 Å². The first kappa shape index (κ1) is 15.7. The first-order valence-corrected chi connectivity index (χ1v) is 7.53. The molecule has 0 spiro atoms. The molecule has 0 aliphatic heterocycles. The standard InChI is InChI=1S/C16H18N6O2/c1-11(19-16(23)18-10-13-17-8-9-22(13)2)14-20-15(24-21-14)12-6-4-3-5-7-12/h3-9,11H,10H2,1-2H3,(H2,18,19,23). The van der Waals surface area contributed by atoms with Crippen molar-refractivity contribution in [1.29, 1.82) is 0 Å². The number of imidazole rings is 1. The van der Waals surface area contributed by atoms with Crippen LogP contribution in [0.25, 0.3) is 11.5 Å². The Morgan fingerprint density at radius 3 is 2.83 bits per heavy atom. The monoisotopic (exact) mass is 326 g/mol. The Morgan fingerprint density at radius 2 is 2.12 bits per heavy atom. The molecule has 0 bridgehead atoms. The van der Waals surface area contributed by atoms with Crippen LogP contribution in [-0.2, 0) is 13.6 Å². The van der Waals surface area contributed by atoms with E-state index in [9.17, 15) is 4.79 Å². The van der Waals surface area contributed by atoms with Crippen LogP contribution in [0.2, 0.25) is 0 Å². The molecule has 1 unspecified atom stereocenters. The molecule has 8 heteroatoms. The van der Waals surface area contributed by atoms with Gasteiger partial charge >= 0.3 is 6.03 Å². The van der Waals surface area contributed by atoms with Gasteiger partial charge in [-0.3, -0.25) is 0 Å². The minimum Gasteiger partial charge on any atom is -0.337 e. The third kappa shape index (κ3) is 3.60. The van der Waals surface area contributed by atoms with Crippen LogP contribution >= 0.6 is 0 Å². The second kappa shape index (κ2) is 6.95. The van der Waals surface area contributed by atoms with Crippen LogP contribution < -0.4 is 10.6 Å². The molecule has 3 aromatic rings. The number of hydrogen-bond acceptors (Lipinski definition) is 5. The van der Waals surface area contributed by atoms with Gasteiger partial charge in [0.15, 0.2) is 5.82 Å². The molecule has 0 fully saturated rings. The van der Waals surface area contributed by atoms with Crippen LogP contribution in [0.4, 0.5) is 4.79 Å². The lowest BCUT2D eigenvalue weighted by Crippen LogP contribution is -2.37. The summed E-state index contributed by atoms with van der Waals surface area (Å²) in [4.78, 5) is 20.4. The van der Waals surface area contributed by atoms with Crippen molar-refractivity contribution in [1.82, 2.24) is 30.3 Å². The van der Waals surface area contributed by atoms with Crippen molar-refractivity contribution in [2.45, 2.75) is 19.5 Å². The normalized spacial score (nSPS) is 11.9. The maximum Gasteiger partial charge on any atom is 0.315 e. The molecule has 0 aliphatic rings. The molecule has 0 saturated carbocycles. The molecule has 1 atom stereocenters. The van der Waals surface area contributed by atoms with Crippen molar-refractivity contribution in [3.05, 3.63) is 54.4 Å². The summed E-state index contributed by atoms with van der Waals surface area (Å²) in [5.74, 6) is 1.61. The van der Waals surface area contributed by atoms with Crippen molar-refractivity contribution in [3.8, 4) is 11.5 Å². The SMILES string of the molecule is CC(NC(=O)NCc1nccn1C)c1noc(-c2ccccc2)n1. The number of hydrogen-bond donors (Lipinski definition) is 2. The van der Waals surface area contributed by atoms with E-state index < -0.39 is 0 Å². The molecule has 2 amide bonds.